The third-order valence-electron chi connectivity index (χ3n) is 14.2. The number of nitrogens with one attached hydrogen (secondary N) is 1. The summed E-state index contributed by atoms with van der Waals surface area (Å²) in [5, 5.41) is 76.4. The van der Waals surface area contributed by atoms with Gasteiger partial charge in [0.2, 0.25) is 6.10 Å². The molecule has 19 nitrogen and oxygen atoms in total. The van der Waals surface area contributed by atoms with Gasteiger partial charge in [0, 0.05) is 31.1 Å². The van der Waals surface area contributed by atoms with Crippen LogP contribution in [0.4, 0.5) is 4.79 Å². The number of aliphatic carboxylic acids is 1. The first-order valence-electron chi connectivity index (χ1n) is 22.0. The van der Waals surface area contributed by atoms with Crippen molar-refractivity contribution in [3.05, 3.63) is 71.8 Å². The van der Waals surface area contributed by atoms with Gasteiger partial charge >= 0.3 is 35.9 Å². The molecule has 0 radical (unpaired) electrons. The topological polar surface area (TPSA) is 291 Å². The van der Waals surface area contributed by atoms with E-state index in [0.717, 1.165) is 6.92 Å². The minimum absolute atomic E-state index is 0.0459. The molecule has 4 aliphatic rings. The molecule has 20 heteroatoms. The van der Waals surface area contributed by atoms with E-state index < -0.39 is 154 Å². The van der Waals surface area contributed by atoms with Crippen LogP contribution in [-0.4, -0.2) is 150 Å². The van der Waals surface area contributed by atoms with E-state index in [0.29, 0.717) is 11.8 Å². The zero-order valence-corrected chi connectivity index (χ0v) is 39.4. The molecule has 14 atom stereocenters. The van der Waals surface area contributed by atoms with Gasteiger partial charge in [0.1, 0.15) is 29.5 Å². The number of benzene rings is 2. The van der Waals surface area contributed by atoms with Gasteiger partial charge in [-0.15, -0.1) is 11.8 Å². The fraction of sp³-hybridized carbons (Fsp3) is 0.617. The lowest BCUT2D eigenvalue weighted by atomic mass is 9.40. The number of ether oxygens (including phenoxy) is 6. The Balaban J connectivity index is 1.51. The van der Waals surface area contributed by atoms with Crippen molar-refractivity contribution in [3.63, 3.8) is 0 Å². The summed E-state index contributed by atoms with van der Waals surface area (Å²) in [4.78, 5) is 80.4. The summed E-state index contributed by atoms with van der Waals surface area (Å²) >= 11 is 0.678. The number of carbonyl (C=O) groups excluding carboxylic acids is 5. The summed E-state index contributed by atoms with van der Waals surface area (Å²) in [5.41, 5.74) is -12.8. The number of aliphatic hydroxyl groups excluding tert-OH is 3. The molecule has 3 aliphatic carbocycles. The lowest BCUT2D eigenvalue weighted by Gasteiger charge is -2.73. The highest BCUT2D eigenvalue weighted by molar-refractivity contribution is 8.00. The molecule has 6 rings (SSSR count). The first kappa shape index (κ1) is 51.6. The molecule has 0 aromatic heterocycles. The van der Waals surface area contributed by atoms with E-state index in [4.69, 9.17) is 28.4 Å². The van der Waals surface area contributed by atoms with E-state index in [2.05, 4.69) is 5.32 Å². The maximum absolute atomic E-state index is 14.9. The molecule has 0 spiro atoms. The second-order valence-corrected chi connectivity index (χ2v) is 20.7. The molecule has 67 heavy (non-hydrogen) atoms. The maximum Gasteiger partial charge on any atom is 0.408 e. The van der Waals surface area contributed by atoms with Crippen molar-refractivity contribution in [1.29, 1.82) is 0 Å². The molecule has 368 valence electrons. The number of fused-ring (bicyclic) bond motifs is 5. The van der Waals surface area contributed by atoms with Crippen molar-refractivity contribution in [2.75, 3.05) is 18.1 Å². The molecular formula is C47H61NO18S. The van der Waals surface area contributed by atoms with E-state index in [1.807, 2.05) is 0 Å². The highest BCUT2D eigenvalue weighted by Crippen LogP contribution is 2.67. The largest absolute Gasteiger partial charge is 0.481 e. The Kier molecular flexibility index (Phi) is 14.6. The monoisotopic (exact) mass is 959 g/mol. The molecular weight excluding hydrogens is 899 g/mol. The van der Waals surface area contributed by atoms with Crippen LogP contribution in [0.5, 0.6) is 0 Å². The minimum Gasteiger partial charge on any atom is -0.481 e. The van der Waals surface area contributed by atoms with Gasteiger partial charge < -0.3 is 64.4 Å². The Hall–Kier alpha value is -4.83. The van der Waals surface area contributed by atoms with E-state index in [9.17, 15) is 59.4 Å². The van der Waals surface area contributed by atoms with E-state index in [-0.39, 0.29) is 17.5 Å². The molecule has 1 aliphatic heterocycles. The summed E-state index contributed by atoms with van der Waals surface area (Å²) in [6, 6.07) is 13.9. The average molecular weight is 960 g/mol. The number of amides is 1. The predicted molar refractivity (Wildman–Crippen MR) is 235 cm³/mol. The smallest absolute Gasteiger partial charge is 0.408 e. The Morgan fingerprint density at radius 2 is 1.52 bits per heavy atom. The third kappa shape index (κ3) is 9.13. The van der Waals surface area contributed by atoms with Crippen LogP contribution < -0.4 is 5.32 Å². The number of carboxylic acids is 1. The lowest BCUT2D eigenvalue weighted by Crippen LogP contribution is -2.92. The number of rotatable bonds is 13. The van der Waals surface area contributed by atoms with Crippen LogP contribution in [0.25, 0.3) is 0 Å². The van der Waals surface area contributed by atoms with Gasteiger partial charge in [-0.1, -0.05) is 76.2 Å². The maximum atomic E-state index is 14.9. The van der Waals surface area contributed by atoms with Gasteiger partial charge in [-0.05, 0) is 44.4 Å². The number of thioether (sulfide) groups is 1. The molecule has 2 aromatic rings. The van der Waals surface area contributed by atoms with Gasteiger partial charge in [-0.3, -0.25) is 14.4 Å². The second-order valence-electron chi connectivity index (χ2n) is 19.7. The van der Waals surface area contributed by atoms with E-state index >= 15 is 0 Å². The second kappa shape index (κ2) is 18.9. The fourth-order valence-corrected chi connectivity index (χ4v) is 11.4. The molecule has 2 unspecified atom stereocenters. The van der Waals surface area contributed by atoms with Gasteiger partial charge in [-0.25, -0.2) is 14.4 Å². The van der Waals surface area contributed by atoms with Crippen LogP contribution in [-0.2, 0) is 47.6 Å². The van der Waals surface area contributed by atoms with Crippen LogP contribution in [0.2, 0.25) is 0 Å². The zero-order chi connectivity index (χ0) is 49.7. The van der Waals surface area contributed by atoms with Gasteiger partial charge in [0.05, 0.1) is 47.4 Å². The minimum atomic E-state index is -3.00. The number of aliphatic hydroxyl groups is 5. The summed E-state index contributed by atoms with van der Waals surface area (Å²) in [7, 11) is 0. The highest BCUT2D eigenvalue weighted by Gasteiger charge is 2.86. The molecule has 3 saturated carbocycles. The first-order chi connectivity index (χ1) is 31.2. The average Bonchev–Trinajstić information content (AvgIpc) is 3.24. The molecule has 1 saturated heterocycles. The van der Waals surface area contributed by atoms with Crippen molar-refractivity contribution in [3.8, 4) is 0 Å². The van der Waals surface area contributed by atoms with Crippen LogP contribution >= 0.6 is 11.8 Å². The quantitative estimate of drug-likeness (QED) is 0.112. The highest BCUT2D eigenvalue weighted by atomic mass is 32.2. The fourth-order valence-electron chi connectivity index (χ4n) is 10.9. The Labute approximate surface area is 391 Å². The van der Waals surface area contributed by atoms with Gasteiger partial charge in [-0.2, -0.15) is 0 Å². The predicted octanol–water partition coefficient (Wildman–Crippen LogP) is 2.47. The van der Waals surface area contributed by atoms with Crippen molar-refractivity contribution < 1.29 is 87.8 Å². The van der Waals surface area contributed by atoms with Crippen LogP contribution in [0.1, 0.15) is 90.2 Å². The Bertz CT molecular complexity index is 2190. The Morgan fingerprint density at radius 3 is 2.07 bits per heavy atom. The van der Waals surface area contributed by atoms with Gasteiger partial charge in [0.25, 0.3) is 0 Å². The number of hydrogen-bond acceptors (Lipinski definition) is 18. The zero-order valence-electron chi connectivity index (χ0n) is 38.6. The lowest BCUT2D eigenvalue weighted by molar-refractivity contribution is -0.432. The molecule has 1 heterocycles. The van der Waals surface area contributed by atoms with Crippen LogP contribution in [0, 0.1) is 22.7 Å². The summed E-state index contributed by atoms with van der Waals surface area (Å²) in [6.07, 6.45) is -15.1. The third-order valence-corrected chi connectivity index (χ3v) is 15.1. The molecule has 7 N–H and O–H groups in total. The number of carbonyl (C=O) groups is 6. The van der Waals surface area contributed by atoms with Crippen molar-refractivity contribution in [2.45, 2.75) is 139 Å². The molecule has 4 fully saturated rings. The normalized spacial score (nSPS) is 34.9. The number of hydrogen-bond donors (Lipinski definition) is 7. The van der Waals surface area contributed by atoms with E-state index in [1.54, 1.807) is 52.0 Å². The van der Waals surface area contributed by atoms with E-state index in [1.165, 1.54) is 57.2 Å². The number of carboxylic acid groups (broad SMARTS) is 1. The number of esters is 4. The SMILES string of the molecule is CC(=O)O[C@@]12CO[C@@H]1C[C@H](O)[C@@]1(C)[C@H](O)[C@H](O)C3[C@H](C)C(OC(=O)[C@H](OC(=O)CSCC(=O)O)[C@@H](NC(=O)OC(C)(C)C)c4ccccc4)C[C@@](O)([C@@H](OC(=O)c4ccccc4)[C@@]12O)C3(C)C. The molecule has 2 bridgehead atoms. The summed E-state index contributed by atoms with van der Waals surface area (Å²) in [6.45, 7) is 11.1. The number of alkyl carbamates (subject to hydrolysis) is 1. The van der Waals surface area contributed by atoms with Crippen molar-refractivity contribution in [1.82, 2.24) is 5.32 Å². The molecule has 1 amide bonds. The Morgan fingerprint density at radius 1 is 0.910 bits per heavy atom. The van der Waals surface area contributed by atoms with Crippen LogP contribution in [0.15, 0.2) is 60.7 Å². The van der Waals surface area contributed by atoms with Crippen LogP contribution in [0.3, 0.4) is 0 Å². The van der Waals surface area contributed by atoms with Crippen molar-refractivity contribution in [2.24, 2.45) is 22.7 Å². The molecule has 2 aromatic carbocycles. The van der Waals surface area contributed by atoms with Crippen molar-refractivity contribution >= 4 is 47.7 Å². The standard InChI is InChI=1S/C47H61NO18S/c1-24-28(62-39(57)36(63-32(53)22-67-21-31(51)52)34(26-15-11-9-12-16-26)48-41(58)66-42(3,4)5)20-45(59)40(64-38(56)27-17-13-10-14-18-27)47(60)44(8,37(55)35(54)33(24)43(45,6)7)29(50)19-30-46(47,23-61-30)65-25(2)49/h9-18,24,28-30,33-37,40,50,54-55,59-60H,19-23H2,1-8H3,(H,48,58)(H,51,52)/t24-,28?,29+,30-,33?,34+,35-,36-,37-,40-,44+,45-,46+,47-/m1/s1. The summed E-state index contributed by atoms with van der Waals surface area (Å²) < 4.78 is 35.5. The first-order valence-corrected chi connectivity index (χ1v) is 23.1. The van der Waals surface area contributed by atoms with Gasteiger partial charge in [0.15, 0.2) is 17.3 Å². The summed E-state index contributed by atoms with van der Waals surface area (Å²) in [5.74, 6) is -9.03.